The van der Waals surface area contributed by atoms with Crippen LogP contribution >= 0.6 is 15.9 Å². The van der Waals surface area contributed by atoms with Gasteiger partial charge in [-0.25, -0.2) is 4.79 Å². The number of nitrogens with one attached hydrogen (secondary N) is 2. The van der Waals surface area contributed by atoms with Crippen LogP contribution in [0, 0.1) is 0 Å². The van der Waals surface area contributed by atoms with Gasteiger partial charge in [0.2, 0.25) is 5.91 Å². The van der Waals surface area contributed by atoms with Crippen LogP contribution in [0.25, 0.3) is 0 Å². The number of hydrogen-bond acceptors (Lipinski definition) is 2. The fraction of sp³-hybridized carbons (Fsp3) is 0.200. The summed E-state index contributed by atoms with van der Waals surface area (Å²) in [6.45, 7) is 0. The molecular formula is C10H9BrN2O2. The van der Waals surface area contributed by atoms with Gasteiger partial charge in [-0.1, -0.05) is 34.1 Å². The van der Waals surface area contributed by atoms with Gasteiger partial charge in [-0.05, 0) is 11.6 Å². The van der Waals surface area contributed by atoms with E-state index in [9.17, 15) is 9.59 Å². The summed E-state index contributed by atoms with van der Waals surface area (Å²) in [5.41, 5.74) is 0.917. The Balaban J connectivity index is 2.27. The van der Waals surface area contributed by atoms with Crippen molar-refractivity contribution in [1.82, 2.24) is 10.6 Å². The van der Waals surface area contributed by atoms with Crippen molar-refractivity contribution in [3.63, 3.8) is 0 Å². The number of carbonyl (C=O) groups excluding carboxylic acids is 2. The highest BCUT2D eigenvalue weighted by Gasteiger charge is 2.25. The Hall–Kier alpha value is -1.36. The highest BCUT2D eigenvalue weighted by molar-refractivity contribution is 9.10. The van der Waals surface area contributed by atoms with Crippen LogP contribution < -0.4 is 10.6 Å². The van der Waals surface area contributed by atoms with Crippen molar-refractivity contribution in [3.05, 3.63) is 34.3 Å². The third kappa shape index (κ3) is 2.18. The molecule has 78 valence electrons. The second-order valence-electron chi connectivity index (χ2n) is 3.30. The molecule has 0 bridgehead atoms. The molecule has 2 N–H and O–H groups in total. The molecule has 0 aromatic heterocycles. The quantitative estimate of drug-likeness (QED) is 0.815. The van der Waals surface area contributed by atoms with Gasteiger partial charge >= 0.3 is 6.03 Å². The first-order valence-corrected chi connectivity index (χ1v) is 5.31. The van der Waals surface area contributed by atoms with Crippen molar-refractivity contribution in [1.29, 1.82) is 0 Å². The fourth-order valence-electron chi connectivity index (χ4n) is 1.55. The molecule has 1 aliphatic rings. The van der Waals surface area contributed by atoms with E-state index in [2.05, 4.69) is 26.6 Å². The molecule has 0 unspecified atom stereocenters. The average Bonchev–Trinajstić information content (AvgIpc) is 2.16. The predicted octanol–water partition coefficient (Wildman–Crippen LogP) is 1.72. The monoisotopic (exact) mass is 268 g/mol. The standard InChI is InChI=1S/C10H9BrN2O2/c11-7-4-2-1-3-6(7)8-5-9(14)13-10(15)12-8/h1-4,8H,5H2,(H2,12,13,14,15)/t8-/m1/s1. The maximum atomic E-state index is 11.2. The summed E-state index contributed by atoms with van der Waals surface area (Å²) in [6.07, 6.45) is 0.272. The largest absolute Gasteiger partial charge is 0.330 e. The van der Waals surface area contributed by atoms with E-state index in [1.54, 1.807) is 0 Å². The van der Waals surface area contributed by atoms with Crippen molar-refractivity contribution < 1.29 is 9.59 Å². The maximum absolute atomic E-state index is 11.2. The van der Waals surface area contributed by atoms with E-state index >= 15 is 0 Å². The number of halogens is 1. The van der Waals surface area contributed by atoms with Gasteiger partial charge in [-0.3, -0.25) is 10.1 Å². The Bertz CT molecular complexity index is 404. The summed E-state index contributed by atoms with van der Waals surface area (Å²) in [5.74, 6) is -0.250. The van der Waals surface area contributed by atoms with Crippen molar-refractivity contribution >= 4 is 27.9 Å². The minimum Gasteiger partial charge on any atom is -0.330 e. The van der Waals surface area contributed by atoms with Gasteiger partial charge in [0.15, 0.2) is 0 Å². The van der Waals surface area contributed by atoms with E-state index in [-0.39, 0.29) is 18.4 Å². The summed E-state index contributed by atoms with van der Waals surface area (Å²) in [7, 11) is 0. The Labute approximate surface area is 95.2 Å². The summed E-state index contributed by atoms with van der Waals surface area (Å²) in [4.78, 5) is 22.3. The van der Waals surface area contributed by atoms with E-state index in [1.807, 2.05) is 24.3 Å². The van der Waals surface area contributed by atoms with E-state index in [4.69, 9.17) is 0 Å². The highest BCUT2D eigenvalue weighted by Crippen LogP contribution is 2.26. The zero-order valence-corrected chi connectivity index (χ0v) is 9.37. The number of urea groups is 1. The molecule has 0 saturated carbocycles. The number of amides is 3. The van der Waals surface area contributed by atoms with Crippen molar-refractivity contribution in [2.75, 3.05) is 0 Å². The molecule has 0 spiro atoms. The van der Waals surface area contributed by atoms with Gasteiger partial charge < -0.3 is 5.32 Å². The van der Waals surface area contributed by atoms with Crippen LogP contribution in [0.5, 0.6) is 0 Å². The highest BCUT2D eigenvalue weighted by atomic mass is 79.9. The molecule has 3 amide bonds. The van der Waals surface area contributed by atoms with Gasteiger partial charge in [0.1, 0.15) is 0 Å². The Morgan fingerprint density at radius 1 is 1.27 bits per heavy atom. The average molecular weight is 269 g/mol. The number of benzene rings is 1. The van der Waals surface area contributed by atoms with Crippen LogP contribution in [0.3, 0.4) is 0 Å². The summed E-state index contributed by atoms with van der Waals surface area (Å²) in [6, 6.07) is 6.84. The molecule has 0 radical (unpaired) electrons. The zero-order valence-electron chi connectivity index (χ0n) is 7.79. The van der Waals surface area contributed by atoms with Gasteiger partial charge in [0, 0.05) is 4.47 Å². The predicted molar refractivity (Wildman–Crippen MR) is 58.2 cm³/mol. The molecule has 1 aliphatic heterocycles. The Morgan fingerprint density at radius 3 is 2.67 bits per heavy atom. The first-order chi connectivity index (χ1) is 7.16. The minimum absolute atomic E-state index is 0.248. The second kappa shape index (κ2) is 4.02. The summed E-state index contributed by atoms with van der Waals surface area (Å²) < 4.78 is 0.894. The lowest BCUT2D eigenvalue weighted by Crippen LogP contribution is -2.48. The first kappa shape index (κ1) is 10.2. The molecule has 1 atom stereocenters. The molecule has 2 rings (SSSR count). The van der Waals surface area contributed by atoms with Crippen molar-refractivity contribution in [2.24, 2.45) is 0 Å². The Morgan fingerprint density at radius 2 is 2.00 bits per heavy atom. The second-order valence-corrected chi connectivity index (χ2v) is 4.15. The van der Waals surface area contributed by atoms with Crippen LogP contribution in [0.15, 0.2) is 28.7 Å². The topological polar surface area (TPSA) is 58.2 Å². The lowest BCUT2D eigenvalue weighted by molar-refractivity contribution is -0.121. The third-order valence-corrected chi connectivity index (χ3v) is 2.95. The minimum atomic E-state index is -0.438. The number of rotatable bonds is 1. The summed E-state index contributed by atoms with van der Waals surface area (Å²) >= 11 is 3.39. The molecule has 0 aliphatic carbocycles. The van der Waals surface area contributed by atoms with Crippen LogP contribution in [-0.2, 0) is 4.79 Å². The number of hydrogen-bond donors (Lipinski definition) is 2. The summed E-state index contributed by atoms with van der Waals surface area (Å²) in [5, 5.41) is 4.90. The van der Waals surface area contributed by atoms with Crippen molar-refractivity contribution in [3.8, 4) is 0 Å². The van der Waals surface area contributed by atoms with Crippen LogP contribution in [0.1, 0.15) is 18.0 Å². The smallest absolute Gasteiger partial charge is 0.321 e. The molecule has 1 saturated heterocycles. The van der Waals surface area contributed by atoms with Crippen LogP contribution in [-0.4, -0.2) is 11.9 Å². The fourth-order valence-corrected chi connectivity index (χ4v) is 2.11. The SMILES string of the molecule is O=C1C[C@H](c2ccccc2Br)NC(=O)N1. The third-order valence-electron chi connectivity index (χ3n) is 2.23. The molecular weight excluding hydrogens is 260 g/mol. The van der Waals surface area contributed by atoms with E-state index in [1.165, 1.54) is 0 Å². The molecule has 4 nitrogen and oxygen atoms in total. The van der Waals surface area contributed by atoms with E-state index in [0.717, 1.165) is 10.0 Å². The molecule has 1 heterocycles. The van der Waals surface area contributed by atoms with E-state index in [0.29, 0.717) is 0 Å². The first-order valence-electron chi connectivity index (χ1n) is 4.51. The lowest BCUT2D eigenvalue weighted by Gasteiger charge is -2.24. The van der Waals surface area contributed by atoms with E-state index < -0.39 is 6.03 Å². The van der Waals surface area contributed by atoms with Gasteiger partial charge in [0.25, 0.3) is 0 Å². The van der Waals surface area contributed by atoms with Gasteiger partial charge in [-0.15, -0.1) is 0 Å². The van der Waals surface area contributed by atoms with Crippen LogP contribution in [0.4, 0.5) is 4.79 Å². The molecule has 5 heteroatoms. The Kier molecular flexibility index (Phi) is 2.73. The van der Waals surface area contributed by atoms with Gasteiger partial charge in [0.05, 0.1) is 12.5 Å². The number of imide groups is 1. The zero-order chi connectivity index (χ0) is 10.8. The molecule has 1 aromatic rings. The normalized spacial score (nSPS) is 20.7. The van der Waals surface area contributed by atoms with Gasteiger partial charge in [-0.2, -0.15) is 0 Å². The molecule has 15 heavy (non-hydrogen) atoms. The maximum Gasteiger partial charge on any atom is 0.321 e. The van der Waals surface area contributed by atoms with Crippen LogP contribution in [0.2, 0.25) is 0 Å². The molecule has 1 aromatic carbocycles. The number of carbonyl (C=O) groups is 2. The molecule has 1 fully saturated rings. The van der Waals surface area contributed by atoms with Crippen molar-refractivity contribution in [2.45, 2.75) is 12.5 Å². The lowest BCUT2D eigenvalue weighted by atomic mass is 10.0.